The molecule has 0 bridgehead atoms. The topological polar surface area (TPSA) is 23.5 Å². The first-order chi connectivity index (χ1) is 7.07. The summed E-state index contributed by atoms with van der Waals surface area (Å²) in [5.74, 6) is 0. The van der Waals surface area contributed by atoms with Crippen molar-refractivity contribution in [3.63, 3.8) is 0 Å². The number of anilines is 1. The van der Waals surface area contributed by atoms with Crippen LogP contribution in [0.3, 0.4) is 0 Å². The Hall–Kier alpha value is -0.955. The monoisotopic (exact) mass is 203 g/mol. The Morgan fingerprint density at radius 2 is 1.73 bits per heavy atom. The maximum absolute atomic E-state index is 9.86. The van der Waals surface area contributed by atoms with Crippen LogP contribution in [0.15, 0.2) is 24.3 Å². The molecule has 1 N–H and O–H groups in total. The number of piperidine rings is 1. The summed E-state index contributed by atoms with van der Waals surface area (Å²) in [5.41, 5.74) is 2.11. The van der Waals surface area contributed by atoms with Crippen LogP contribution in [-0.2, 0) is 0 Å². The van der Waals surface area contributed by atoms with Gasteiger partial charge in [-0.3, -0.25) is 0 Å². The van der Waals surface area contributed by atoms with Crippen molar-refractivity contribution in [1.82, 2.24) is 0 Å². The lowest BCUT2D eigenvalue weighted by atomic mass is 9.92. The molecule has 0 atom stereocenters. The van der Waals surface area contributed by atoms with E-state index in [4.69, 9.17) is 0 Å². The molecule has 2 nitrogen and oxygen atoms in total. The summed E-state index contributed by atoms with van der Waals surface area (Å²) < 4.78 is 0. The Bertz CT molecular complexity index is 324. The van der Waals surface area contributed by atoms with Gasteiger partial charge in [0.15, 0.2) is 0 Å². The van der Waals surface area contributed by atoms with E-state index in [1.165, 1.54) is 11.2 Å². The zero-order valence-electron chi connectivity index (χ0n) is 9.53. The molecule has 0 aromatic heterocycles. The minimum absolute atomic E-state index is 0.457. The van der Waals surface area contributed by atoms with E-state index in [0.717, 1.165) is 25.9 Å². The molecule has 1 aromatic carbocycles. The number of aliphatic hydroxyl groups is 1. The van der Waals surface area contributed by atoms with E-state index < -0.39 is 5.60 Å². The SMILES string of the molecule is Bc1ccc(N2CCC(C)(O)CC2)cc1. The predicted molar refractivity (Wildman–Crippen MR) is 66.7 cm³/mol. The van der Waals surface area contributed by atoms with Crippen LogP contribution in [-0.4, -0.2) is 31.6 Å². The van der Waals surface area contributed by atoms with Gasteiger partial charge in [0.2, 0.25) is 0 Å². The zero-order chi connectivity index (χ0) is 10.9. The number of rotatable bonds is 1. The van der Waals surface area contributed by atoms with Crippen molar-refractivity contribution in [3.05, 3.63) is 24.3 Å². The van der Waals surface area contributed by atoms with Gasteiger partial charge in [-0.15, -0.1) is 0 Å². The van der Waals surface area contributed by atoms with Crippen LogP contribution >= 0.6 is 0 Å². The molecule has 15 heavy (non-hydrogen) atoms. The summed E-state index contributed by atoms with van der Waals surface area (Å²) in [4.78, 5) is 2.34. The van der Waals surface area contributed by atoms with Gasteiger partial charge in [0, 0.05) is 18.8 Å². The third kappa shape index (κ3) is 2.54. The third-order valence-electron chi connectivity index (χ3n) is 3.24. The molecule has 80 valence electrons. The highest BCUT2D eigenvalue weighted by Crippen LogP contribution is 2.25. The highest BCUT2D eigenvalue weighted by molar-refractivity contribution is 6.32. The van der Waals surface area contributed by atoms with E-state index in [0.29, 0.717) is 0 Å². The van der Waals surface area contributed by atoms with Crippen molar-refractivity contribution < 1.29 is 5.11 Å². The van der Waals surface area contributed by atoms with Gasteiger partial charge in [-0.05, 0) is 31.9 Å². The normalized spacial score (nSPS) is 20.3. The van der Waals surface area contributed by atoms with Crippen molar-refractivity contribution in [2.45, 2.75) is 25.4 Å². The second kappa shape index (κ2) is 3.89. The van der Waals surface area contributed by atoms with Gasteiger partial charge in [0.1, 0.15) is 7.85 Å². The molecule has 1 aromatic rings. The highest BCUT2D eigenvalue weighted by Gasteiger charge is 2.27. The predicted octanol–water partition coefficient (Wildman–Crippen LogP) is 0.296. The molecule has 3 heteroatoms. The van der Waals surface area contributed by atoms with Crippen LogP contribution in [0.2, 0.25) is 0 Å². The second-order valence-electron chi connectivity index (χ2n) is 4.82. The van der Waals surface area contributed by atoms with Crippen LogP contribution in [0, 0.1) is 0 Å². The summed E-state index contributed by atoms with van der Waals surface area (Å²) in [6.45, 7) is 3.84. The van der Waals surface area contributed by atoms with Crippen LogP contribution in [0.25, 0.3) is 0 Å². The van der Waals surface area contributed by atoms with Crippen molar-refractivity contribution in [1.29, 1.82) is 0 Å². The molecule has 1 aliphatic heterocycles. The Morgan fingerprint density at radius 3 is 2.27 bits per heavy atom. The van der Waals surface area contributed by atoms with Gasteiger partial charge < -0.3 is 10.0 Å². The van der Waals surface area contributed by atoms with E-state index in [1.54, 1.807) is 0 Å². The van der Waals surface area contributed by atoms with E-state index in [9.17, 15) is 5.11 Å². The maximum atomic E-state index is 9.86. The van der Waals surface area contributed by atoms with Crippen molar-refractivity contribution in [2.24, 2.45) is 0 Å². The average Bonchev–Trinajstić information content (AvgIpc) is 2.20. The lowest BCUT2D eigenvalue weighted by Gasteiger charge is -2.37. The molecule has 2 rings (SSSR count). The van der Waals surface area contributed by atoms with E-state index in [1.807, 2.05) is 6.92 Å². The van der Waals surface area contributed by atoms with Gasteiger partial charge in [0.25, 0.3) is 0 Å². The second-order valence-corrected chi connectivity index (χ2v) is 4.82. The van der Waals surface area contributed by atoms with Crippen molar-refractivity contribution in [3.8, 4) is 0 Å². The number of hydrogen-bond donors (Lipinski definition) is 1. The molecule has 1 saturated heterocycles. The fourth-order valence-corrected chi connectivity index (χ4v) is 2.00. The van der Waals surface area contributed by atoms with E-state index in [-0.39, 0.29) is 0 Å². The van der Waals surface area contributed by atoms with Gasteiger partial charge in [0.05, 0.1) is 5.60 Å². The Morgan fingerprint density at radius 1 is 1.20 bits per heavy atom. The lowest BCUT2D eigenvalue weighted by molar-refractivity contribution is 0.0351. The minimum Gasteiger partial charge on any atom is -0.390 e. The molecule has 0 saturated carbocycles. The number of hydrogen-bond acceptors (Lipinski definition) is 2. The molecule has 1 fully saturated rings. The molecular weight excluding hydrogens is 185 g/mol. The highest BCUT2D eigenvalue weighted by atomic mass is 16.3. The minimum atomic E-state index is -0.457. The molecule has 1 heterocycles. The zero-order valence-corrected chi connectivity index (χ0v) is 9.53. The Kier molecular flexibility index (Phi) is 2.74. The van der Waals surface area contributed by atoms with Crippen LogP contribution < -0.4 is 10.4 Å². The summed E-state index contributed by atoms with van der Waals surface area (Å²) in [6, 6.07) is 8.61. The summed E-state index contributed by atoms with van der Waals surface area (Å²) in [5, 5.41) is 9.86. The Balaban J connectivity index is 2.04. The van der Waals surface area contributed by atoms with Crippen molar-refractivity contribution in [2.75, 3.05) is 18.0 Å². The number of nitrogens with zero attached hydrogens (tertiary/aromatic N) is 1. The number of benzene rings is 1. The van der Waals surface area contributed by atoms with Gasteiger partial charge >= 0.3 is 0 Å². The summed E-state index contributed by atoms with van der Waals surface area (Å²) in [7, 11) is 2.10. The fraction of sp³-hybridized carbons (Fsp3) is 0.500. The third-order valence-corrected chi connectivity index (χ3v) is 3.24. The first-order valence-corrected chi connectivity index (χ1v) is 5.61. The molecule has 0 spiro atoms. The maximum Gasteiger partial charge on any atom is 0.139 e. The lowest BCUT2D eigenvalue weighted by Crippen LogP contribution is -2.42. The first-order valence-electron chi connectivity index (χ1n) is 5.61. The molecular formula is C12H18BNO. The molecule has 0 aliphatic carbocycles. The molecule has 0 amide bonds. The Labute approximate surface area is 92.3 Å². The van der Waals surface area contributed by atoms with Crippen LogP contribution in [0.1, 0.15) is 19.8 Å². The standard InChI is InChI=1S/C12H18BNO/c1-12(15)6-8-14(9-7-12)11-4-2-10(13)3-5-11/h2-5,15H,6-9,13H2,1H3. The smallest absolute Gasteiger partial charge is 0.139 e. The largest absolute Gasteiger partial charge is 0.390 e. The first kappa shape index (κ1) is 10.6. The quantitative estimate of drug-likeness (QED) is 0.663. The van der Waals surface area contributed by atoms with Gasteiger partial charge in [-0.2, -0.15) is 0 Å². The van der Waals surface area contributed by atoms with Gasteiger partial charge in [-0.1, -0.05) is 17.6 Å². The van der Waals surface area contributed by atoms with Gasteiger partial charge in [-0.25, -0.2) is 0 Å². The average molecular weight is 203 g/mol. The molecule has 0 unspecified atom stereocenters. The van der Waals surface area contributed by atoms with Crippen molar-refractivity contribution >= 4 is 19.0 Å². The summed E-state index contributed by atoms with van der Waals surface area (Å²) >= 11 is 0. The van der Waals surface area contributed by atoms with E-state index >= 15 is 0 Å². The fourth-order valence-electron chi connectivity index (χ4n) is 2.00. The molecule has 1 aliphatic rings. The van der Waals surface area contributed by atoms with Crippen LogP contribution in [0.5, 0.6) is 0 Å². The molecule has 0 radical (unpaired) electrons. The summed E-state index contributed by atoms with van der Waals surface area (Å²) in [6.07, 6.45) is 1.72. The van der Waals surface area contributed by atoms with Crippen LogP contribution in [0.4, 0.5) is 5.69 Å². The van der Waals surface area contributed by atoms with E-state index in [2.05, 4.69) is 37.0 Å².